The highest BCUT2D eigenvalue weighted by Crippen LogP contribution is 2.18. The summed E-state index contributed by atoms with van der Waals surface area (Å²) < 4.78 is 8.21. The molecule has 4 rings (SSSR count). The number of hydrogen-bond acceptors (Lipinski definition) is 5. The highest BCUT2D eigenvalue weighted by atomic mass is 16.5. The summed E-state index contributed by atoms with van der Waals surface area (Å²) >= 11 is 0. The average molecular weight is 362 g/mol. The monoisotopic (exact) mass is 362 g/mol. The molecule has 0 fully saturated rings. The maximum Gasteiger partial charge on any atom is 0.260 e. The van der Waals surface area contributed by atoms with E-state index in [0.29, 0.717) is 41.4 Å². The molecular weight excluding hydrogens is 344 g/mol. The van der Waals surface area contributed by atoms with Crippen LogP contribution in [0, 0.1) is 0 Å². The van der Waals surface area contributed by atoms with E-state index in [4.69, 9.17) is 4.74 Å². The number of fused-ring (bicyclic) bond motifs is 3. The van der Waals surface area contributed by atoms with Crippen LogP contribution in [-0.4, -0.2) is 32.8 Å². The summed E-state index contributed by atoms with van der Waals surface area (Å²) in [6.07, 6.45) is 8.37. The van der Waals surface area contributed by atoms with Gasteiger partial charge < -0.3 is 13.9 Å². The average Bonchev–Trinajstić information content (AvgIpc) is 2.70. The van der Waals surface area contributed by atoms with E-state index in [1.54, 1.807) is 53.2 Å². The fourth-order valence-corrected chi connectivity index (χ4v) is 3.17. The van der Waals surface area contributed by atoms with Crippen molar-refractivity contribution in [2.75, 3.05) is 13.7 Å². The van der Waals surface area contributed by atoms with Crippen LogP contribution in [0.15, 0.2) is 64.8 Å². The van der Waals surface area contributed by atoms with Crippen molar-refractivity contribution in [3.8, 4) is 0 Å². The molecule has 4 aromatic rings. The predicted octanol–water partition coefficient (Wildman–Crippen LogP) is 1.80. The first-order chi connectivity index (χ1) is 13.2. The first-order valence-electron chi connectivity index (χ1n) is 8.58. The van der Waals surface area contributed by atoms with Crippen molar-refractivity contribution < 1.29 is 4.74 Å². The van der Waals surface area contributed by atoms with Gasteiger partial charge in [0.25, 0.3) is 11.1 Å². The van der Waals surface area contributed by atoms with Gasteiger partial charge >= 0.3 is 0 Å². The fraction of sp³-hybridized carbons (Fsp3) is 0.200. The largest absolute Gasteiger partial charge is 0.383 e. The molecule has 0 saturated heterocycles. The number of aromatic nitrogens is 4. The van der Waals surface area contributed by atoms with Crippen molar-refractivity contribution in [3.63, 3.8) is 0 Å². The third-order valence-electron chi connectivity index (χ3n) is 4.56. The van der Waals surface area contributed by atoms with Crippen molar-refractivity contribution in [3.05, 3.63) is 81.5 Å². The van der Waals surface area contributed by atoms with Crippen LogP contribution < -0.4 is 11.1 Å². The van der Waals surface area contributed by atoms with Gasteiger partial charge in [0, 0.05) is 50.0 Å². The number of rotatable bonds is 5. The molecule has 0 spiro atoms. The van der Waals surface area contributed by atoms with Crippen LogP contribution in [0.1, 0.15) is 5.56 Å². The van der Waals surface area contributed by atoms with Crippen LogP contribution in [0.4, 0.5) is 0 Å². The summed E-state index contributed by atoms with van der Waals surface area (Å²) in [6, 6.07) is 7.34. The van der Waals surface area contributed by atoms with Crippen molar-refractivity contribution in [1.29, 1.82) is 0 Å². The maximum absolute atomic E-state index is 13.1. The van der Waals surface area contributed by atoms with Crippen LogP contribution in [-0.2, 0) is 17.8 Å². The molecule has 0 atom stereocenters. The van der Waals surface area contributed by atoms with E-state index < -0.39 is 0 Å². The third-order valence-corrected chi connectivity index (χ3v) is 4.56. The molecule has 0 radical (unpaired) electrons. The van der Waals surface area contributed by atoms with Gasteiger partial charge in [0.15, 0.2) is 0 Å². The zero-order valence-corrected chi connectivity index (χ0v) is 14.8. The summed E-state index contributed by atoms with van der Waals surface area (Å²) in [7, 11) is 1.59. The molecule has 0 bridgehead atoms. The Kier molecular flexibility index (Phi) is 4.52. The Morgan fingerprint density at radius 1 is 1.00 bits per heavy atom. The summed E-state index contributed by atoms with van der Waals surface area (Å²) in [4.78, 5) is 34.2. The van der Waals surface area contributed by atoms with Crippen molar-refractivity contribution in [2.45, 2.75) is 13.1 Å². The molecule has 7 heteroatoms. The zero-order valence-electron chi connectivity index (χ0n) is 14.8. The second kappa shape index (κ2) is 7.13. The molecule has 136 valence electrons. The van der Waals surface area contributed by atoms with E-state index >= 15 is 0 Å². The van der Waals surface area contributed by atoms with E-state index in [0.717, 1.165) is 5.56 Å². The Hall–Kier alpha value is -3.32. The molecular formula is C20H18N4O3. The summed E-state index contributed by atoms with van der Waals surface area (Å²) in [5.74, 6) is 0. The lowest BCUT2D eigenvalue weighted by Crippen LogP contribution is -2.24. The molecule has 4 heterocycles. The smallest absolute Gasteiger partial charge is 0.260 e. The van der Waals surface area contributed by atoms with Crippen LogP contribution >= 0.6 is 0 Å². The van der Waals surface area contributed by atoms with E-state index in [-0.39, 0.29) is 11.1 Å². The van der Waals surface area contributed by atoms with Gasteiger partial charge in [0.05, 0.1) is 29.4 Å². The summed E-state index contributed by atoms with van der Waals surface area (Å²) in [5.41, 5.74) is 1.14. The second-order valence-electron chi connectivity index (χ2n) is 6.26. The topological polar surface area (TPSA) is 79.0 Å². The highest BCUT2D eigenvalue weighted by molar-refractivity contribution is 6.04. The molecule has 0 amide bonds. The minimum absolute atomic E-state index is 0.177. The van der Waals surface area contributed by atoms with Gasteiger partial charge in [0.1, 0.15) is 0 Å². The first kappa shape index (κ1) is 17.1. The number of nitrogens with zero attached hydrogens (tertiary/aromatic N) is 4. The Bertz CT molecular complexity index is 1230. The molecule has 7 nitrogen and oxygen atoms in total. The fourth-order valence-electron chi connectivity index (χ4n) is 3.17. The van der Waals surface area contributed by atoms with E-state index in [9.17, 15) is 9.59 Å². The molecule has 27 heavy (non-hydrogen) atoms. The summed E-state index contributed by atoms with van der Waals surface area (Å²) in [6.45, 7) is 1.29. The van der Waals surface area contributed by atoms with Gasteiger partial charge in [-0.2, -0.15) is 0 Å². The van der Waals surface area contributed by atoms with Gasteiger partial charge in [-0.05, 0) is 23.8 Å². The molecule has 0 aromatic carbocycles. The van der Waals surface area contributed by atoms with Gasteiger partial charge in [-0.15, -0.1) is 0 Å². The van der Waals surface area contributed by atoms with Crippen molar-refractivity contribution >= 4 is 21.7 Å². The third kappa shape index (κ3) is 3.13. The lowest BCUT2D eigenvalue weighted by Gasteiger charge is -2.10. The normalized spacial score (nSPS) is 11.3. The summed E-state index contributed by atoms with van der Waals surface area (Å²) in [5, 5.41) is 1.50. The Balaban J connectivity index is 1.90. The zero-order chi connectivity index (χ0) is 18.8. The van der Waals surface area contributed by atoms with Gasteiger partial charge in [0.2, 0.25) is 0 Å². The highest BCUT2D eigenvalue weighted by Gasteiger charge is 2.12. The predicted molar refractivity (Wildman–Crippen MR) is 103 cm³/mol. The maximum atomic E-state index is 13.1. The van der Waals surface area contributed by atoms with Gasteiger partial charge in [-0.3, -0.25) is 19.6 Å². The van der Waals surface area contributed by atoms with E-state index in [2.05, 4.69) is 9.97 Å². The number of hydrogen-bond donors (Lipinski definition) is 0. The lowest BCUT2D eigenvalue weighted by atomic mass is 10.1. The van der Waals surface area contributed by atoms with E-state index in [1.165, 1.54) is 6.20 Å². The minimum Gasteiger partial charge on any atom is -0.383 e. The van der Waals surface area contributed by atoms with Crippen LogP contribution in [0.25, 0.3) is 21.7 Å². The Morgan fingerprint density at radius 3 is 2.63 bits per heavy atom. The van der Waals surface area contributed by atoms with Gasteiger partial charge in [-0.25, -0.2) is 0 Å². The SMILES string of the molecule is COCCn1ccc2c(cnc3ccn(Cc4cccnc4)c(=O)c32)c1=O. The molecule has 0 N–H and O–H groups in total. The molecule has 0 unspecified atom stereocenters. The van der Waals surface area contributed by atoms with E-state index in [1.807, 2.05) is 12.1 Å². The Morgan fingerprint density at radius 2 is 1.85 bits per heavy atom. The molecule has 4 aromatic heterocycles. The van der Waals surface area contributed by atoms with Crippen molar-refractivity contribution in [1.82, 2.24) is 19.1 Å². The lowest BCUT2D eigenvalue weighted by molar-refractivity contribution is 0.186. The Labute approximate surface area is 154 Å². The van der Waals surface area contributed by atoms with Crippen LogP contribution in [0.3, 0.4) is 0 Å². The minimum atomic E-state index is -0.180. The van der Waals surface area contributed by atoms with Crippen molar-refractivity contribution in [2.24, 2.45) is 0 Å². The quantitative estimate of drug-likeness (QED) is 0.506. The van der Waals surface area contributed by atoms with Crippen LogP contribution in [0.2, 0.25) is 0 Å². The van der Waals surface area contributed by atoms with Gasteiger partial charge in [-0.1, -0.05) is 6.07 Å². The first-order valence-corrected chi connectivity index (χ1v) is 8.58. The molecule has 0 aliphatic rings. The number of methoxy groups -OCH3 is 1. The standard InChI is InChI=1S/C20H18N4O3/c1-27-10-9-23-7-4-15-16(19(23)25)12-22-17-5-8-24(20(26)18(15)17)13-14-3-2-6-21-11-14/h2-8,11-12H,9-10,13H2,1H3. The van der Waals surface area contributed by atoms with Crippen LogP contribution in [0.5, 0.6) is 0 Å². The number of ether oxygens (including phenoxy) is 1. The molecule has 0 aliphatic heterocycles. The molecule has 0 aliphatic carbocycles. The molecule has 0 saturated carbocycles. The second-order valence-corrected chi connectivity index (χ2v) is 6.26. The number of pyridine rings is 4.